The number of ether oxygens (including phenoxy) is 1. The van der Waals surface area contributed by atoms with Crippen molar-refractivity contribution in [1.29, 1.82) is 0 Å². The van der Waals surface area contributed by atoms with Crippen molar-refractivity contribution in [3.63, 3.8) is 0 Å². The van der Waals surface area contributed by atoms with Gasteiger partial charge in [-0.1, -0.05) is 66.1 Å². The van der Waals surface area contributed by atoms with Crippen molar-refractivity contribution in [2.24, 2.45) is 23.7 Å². The van der Waals surface area contributed by atoms with Crippen LogP contribution in [-0.4, -0.2) is 58.4 Å². The van der Waals surface area contributed by atoms with Crippen LogP contribution >= 0.6 is 11.6 Å². The smallest absolute Gasteiger partial charge is 0.303 e. The van der Waals surface area contributed by atoms with E-state index in [0.717, 1.165) is 5.57 Å². The van der Waals surface area contributed by atoms with Gasteiger partial charge in [0.15, 0.2) is 0 Å². The van der Waals surface area contributed by atoms with Crippen molar-refractivity contribution in [1.82, 2.24) is 4.90 Å². The highest BCUT2D eigenvalue weighted by molar-refractivity contribution is 6.32. The second-order valence-corrected chi connectivity index (χ2v) is 14.0. The number of fused-ring (bicyclic) bond motifs is 4. The van der Waals surface area contributed by atoms with Crippen molar-refractivity contribution in [3.8, 4) is 11.5 Å². The summed E-state index contributed by atoms with van der Waals surface area (Å²) in [6, 6.07) is 20.5. The number of likely N-dealkylation sites (tertiary alicyclic amines) is 1. The minimum Gasteiger partial charge on any atom is -0.508 e. The number of phenols is 1. The van der Waals surface area contributed by atoms with Gasteiger partial charge in [-0.05, 0) is 73.6 Å². The average molecular weight is 697 g/mol. The van der Waals surface area contributed by atoms with Crippen molar-refractivity contribution < 1.29 is 38.9 Å². The van der Waals surface area contributed by atoms with Gasteiger partial charge in [-0.3, -0.25) is 28.9 Å². The Bertz CT molecular complexity index is 1930. The summed E-state index contributed by atoms with van der Waals surface area (Å²) in [5, 5.41) is 20.9. The van der Waals surface area contributed by atoms with Crippen LogP contribution in [-0.2, 0) is 29.4 Å². The molecule has 2 N–H and O–H groups in total. The number of benzene rings is 3. The van der Waals surface area contributed by atoms with Gasteiger partial charge in [0, 0.05) is 29.5 Å². The molecule has 7 rings (SSSR count). The number of anilines is 1. The van der Waals surface area contributed by atoms with E-state index in [1.807, 2.05) is 36.4 Å². The van der Waals surface area contributed by atoms with Crippen LogP contribution in [0.5, 0.6) is 11.5 Å². The van der Waals surface area contributed by atoms with E-state index in [-0.39, 0.29) is 43.4 Å². The number of carboxylic acid groups (broad SMARTS) is 1. The molecule has 2 aliphatic carbocycles. The second-order valence-electron chi connectivity index (χ2n) is 13.6. The molecule has 4 aliphatic rings. The third-order valence-corrected chi connectivity index (χ3v) is 11.3. The van der Waals surface area contributed by atoms with Crippen molar-refractivity contribution in [2.75, 3.05) is 18.6 Å². The number of carbonyl (C=O) groups excluding carboxylic acids is 4. The first-order chi connectivity index (χ1) is 24.1. The molecule has 3 aromatic rings. The first-order valence-electron chi connectivity index (χ1n) is 16.9. The minimum absolute atomic E-state index is 0.0184. The first kappa shape index (κ1) is 33.5. The molecule has 0 unspecified atom stereocenters. The molecule has 6 atom stereocenters. The number of amides is 4. The van der Waals surface area contributed by atoms with Crippen LogP contribution in [0.4, 0.5) is 5.69 Å². The van der Waals surface area contributed by atoms with Gasteiger partial charge in [0.2, 0.25) is 23.6 Å². The normalized spacial score (nSPS) is 27.2. The summed E-state index contributed by atoms with van der Waals surface area (Å²) in [7, 11) is 1.50. The van der Waals surface area contributed by atoms with Gasteiger partial charge in [-0.2, -0.15) is 0 Å². The molecule has 50 heavy (non-hydrogen) atoms. The van der Waals surface area contributed by atoms with Gasteiger partial charge in [0.1, 0.15) is 11.5 Å². The molecular weight excluding hydrogens is 660 g/mol. The van der Waals surface area contributed by atoms with Crippen molar-refractivity contribution in [3.05, 3.63) is 101 Å². The highest BCUT2D eigenvalue weighted by atomic mass is 35.5. The molecule has 2 aliphatic heterocycles. The molecule has 1 saturated carbocycles. The SMILES string of the molecule is COc1ccc(O)c([C@H]2C3=CC[C@@H]4C(=O)N(CCCCCC(=O)O)C(=O)[C@@H]4[C@@H]3C[C@H]3C(=O)N(c4cccc(Cl)c4)C(=O)[C@@]23c2ccccc2)c1. The number of halogens is 1. The number of aliphatic carboxylic acids is 1. The van der Waals surface area contributed by atoms with Gasteiger partial charge in [-0.25, -0.2) is 4.90 Å². The molecule has 258 valence electrons. The predicted molar refractivity (Wildman–Crippen MR) is 184 cm³/mol. The fraction of sp³-hybridized carbons (Fsp3) is 0.359. The lowest BCUT2D eigenvalue weighted by atomic mass is 9.49. The highest BCUT2D eigenvalue weighted by Crippen LogP contribution is 2.65. The number of carboxylic acids is 1. The fourth-order valence-corrected chi connectivity index (χ4v) is 9.17. The Morgan fingerprint density at radius 1 is 0.920 bits per heavy atom. The number of imide groups is 2. The zero-order valence-electron chi connectivity index (χ0n) is 27.5. The number of carbonyl (C=O) groups is 5. The lowest BCUT2D eigenvalue weighted by Gasteiger charge is -2.50. The molecule has 2 saturated heterocycles. The Balaban J connectivity index is 1.38. The monoisotopic (exact) mass is 696 g/mol. The van der Waals surface area contributed by atoms with E-state index < -0.39 is 52.8 Å². The maximum Gasteiger partial charge on any atom is 0.303 e. The third-order valence-electron chi connectivity index (χ3n) is 11.1. The van der Waals surface area contributed by atoms with Crippen molar-refractivity contribution >= 4 is 46.9 Å². The standard InChI is InChI=1S/C39H37ClN2O8/c1-50-25-14-17-31(43)29(20-25)34-26-15-16-27-33(37(48)41(35(27)46)18-7-3-6-13-32(44)45)28(26)21-30-36(47)42(24-12-8-11-23(40)19-24)38(49)39(30,34)22-9-4-2-5-10-22/h2,4-5,8-12,14-15,17,19-20,27-28,30,33-34,43H,3,6-7,13,16,18,21H2,1H3,(H,44,45)/t27-,28+,30-,33-,34+,39+/m0/s1. The summed E-state index contributed by atoms with van der Waals surface area (Å²) in [6.07, 6.45) is 3.84. The van der Waals surface area contributed by atoms with Gasteiger partial charge in [0.25, 0.3) is 0 Å². The molecule has 4 amide bonds. The summed E-state index contributed by atoms with van der Waals surface area (Å²) in [6.45, 7) is 0.184. The summed E-state index contributed by atoms with van der Waals surface area (Å²) < 4.78 is 5.58. The van der Waals surface area contributed by atoms with E-state index in [2.05, 4.69) is 0 Å². The van der Waals surface area contributed by atoms with Gasteiger partial charge in [0.05, 0.1) is 36.0 Å². The topological polar surface area (TPSA) is 142 Å². The summed E-state index contributed by atoms with van der Waals surface area (Å²) >= 11 is 6.37. The molecule has 0 aromatic heterocycles. The Morgan fingerprint density at radius 3 is 2.42 bits per heavy atom. The fourth-order valence-electron chi connectivity index (χ4n) is 8.99. The van der Waals surface area contributed by atoms with E-state index in [9.17, 15) is 24.3 Å². The number of hydrogen-bond donors (Lipinski definition) is 2. The molecule has 10 nitrogen and oxygen atoms in total. The third kappa shape index (κ3) is 5.19. The molecule has 2 heterocycles. The zero-order valence-corrected chi connectivity index (χ0v) is 28.2. The van der Waals surface area contributed by atoms with Crippen LogP contribution < -0.4 is 9.64 Å². The number of unbranched alkanes of at least 4 members (excludes halogenated alkanes) is 2. The Labute approximate surface area is 294 Å². The number of aromatic hydroxyl groups is 1. The number of methoxy groups -OCH3 is 1. The molecule has 3 fully saturated rings. The minimum atomic E-state index is -1.52. The van der Waals surface area contributed by atoms with E-state index in [0.29, 0.717) is 46.8 Å². The van der Waals surface area contributed by atoms with E-state index in [1.54, 1.807) is 36.4 Å². The molecule has 0 spiro atoms. The predicted octanol–water partition coefficient (Wildman–Crippen LogP) is 5.86. The second kappa shape index (κ2) is 13.1. The van der Waals surface area contributed by atoms with Crippen LogP contribution in [0, 0.1) is 23.7 Å². The summed E-state index contributed by atoms with van der Waals surface area (Å²) in [4.78, 5) is 71.5. The molecule has 0 bridgehead atoms. The average Bonchev–Trinajstić information content (AvgIpc) is 3.49. The zero-order chi connectivity index (χ0) is 35.3. The Hall–Kier alpha value is -4.96. The van der Waals surface area contributed by atoms with E-state index >= 15 is 4.79 Å². The lowest BCUT2D eigenvalue weighted by Crippen LogP contribution is -2.53. The van der Waals surface area contributed by atoms with Crippen LogP contribution in [0.25, 0.3) is 0 Å². The van der Waals surface area contributed by atoms with Crippen LogP contribution in [0.2, 0.25) is 5.02 Å². The molecule has 3 aromatic carbocycles. The van der Waals surface area contributed by atoms with Crippen LogP contribution in [0.1, 0.15) is 55.6 Å². The number of allylic oxidation sites excluding steroid dienone is 2. The summed E-state index contributed by atoms with van der Waals surface area (Å²) in [5.74, 6) is -5.85. The number of rotatable bonds is 10. The maximum atomic E-state index is 15.3. The van der Waals surface area contributed by atoms with Gasteiger partial charge in [-0.15, -0.1) is 0 Å². The Morgan fingerprint density at radius 2 is 1.70 bits per heavy atom. The van der Waals surface area contributed by atoms with Crippen LogP contribution in [0.3, 0.4) is 0 Å². The van der Waals surface area contributed by atoms with Crippen molar-refractivity contribution in [2.45, 2.75) is 49.9 Å². The number of hydrogen-bond acceptors (Lipinski definition) is 7. The highest BCUT2D eigenvalue weighted by Gasteiger charge is 2.70. The quantitative estimate of drug-likeness (QED) is 0.153. The van der Waals surface area contributed by atoms with Gasteiger partial charge < -0.3 is 14.9 Å². The van der Waals surface area contributed by atoms with E-state index in [4.69, 9.17) is 21.4 Å². The van der Waals surface area contributed by atoms with E-state index in [1.165, 1.54) is 23.0 Å². The number of phenolic OH excluding ortho intramolecular Hbond substituents is 1. The number of nitrogens with zero attached hydrogens (tertiary/aromatic N) is 2. The summed E-state index contributed by atoms with van der Waals surface area (Å²) in [5.41, 5.74) is 0.511. The lowest BCUT2D eigenvalue weighted by molar-refractivity contribution is -0.141. The van der Waals surface area contributed by atoms with Crippen LogP contribution in [0.15, 0.2) is 84.4 Å². The largest absolute Gasteiger partial charge is 0.508 e. The molecule has 11 heteroatoms. The molecular formula is C39H37ClN2O8. The first-order valence-corrected chi connectivity index (χ1v) is 17.3. The van der Waals surface area contributed by atoms with Gasteiger partial charge >= 0.3 is 5.97 Å². The Kier molecular flexibility index (Phi) is 8.76. The maximum absolute atomic E-state index is 15.3. The molecule has 0 radical (unpaired) electrons.